The number of rotatable bonds is 5. The number of methoxy groups -OCH3 is 1. The molecule has 0 heterocycles. The standard InChI is InChI=1S/C15H22N2O/c1-11-10-15(18-5)13(3)12(2)14(11)6-8-17(4)9-7-16/h10H,6,8-9H2,1-5H3. The van der Waals surface area contributed by atoms with E-state index in [-0.39, 0.29) is 0 Å². The van der Waals surface area contributed by atoms with Crippen LogP contribution in [-0.2, 0) is 6.42 Å². The molecule has 0 aliphatic carbocycles. The monoisotopic (exact) mass is 246 g/mol. The van der Waals surface area contributed by atoms with Crippen LogP contribution in [0.5, 0.6) is 5.75 Å². The Hall–Kier alpha value is -1.53. The van der Waals surface area contributed by atoms with Gasteiger partial charge in [-0.1, -0.05) is 0 Å². The van der Waals surface area contributed by atoms with Crippen LogP contribution in [0.1, 0.15) is 22.3 Å². The Labute approximate surface area is 110 Å². The molecule has 98 valence electrons. The maximum atomic E-state index is 8.65. The summed E-state index contributed by atoms with van der Waals surface area (Å²) in [6, 6.07) is 4.27. The Morgan fingerprint density at radius 1 is 1.28 bits per heavy atom. The van der Waals surface area contributed by atoms with E-state index in [0.717, 1.165) is 18.7 Å². The highest BCUT2D eigenvalue weighted by molar-refractivity contribution is 5.48. The van der Waals surface area contributed by atoms with Crippen molar-refractivity contribution in [3.05, 3.63) is 28.3 Å². The topological polar surface area (TPSA) is 36.3 Å². The molecular formula is C15H22N2O. The molecule has 3 nitrogen and oxygen atoms in total. The molecule has 0 radical (unpaired) electrons. The summed E-state index contributed by atoms with van der Waals surface area (Å²) in [5.74, 6) is 0.958. The first-order chi connectivity index (χ1) is 8.51. The molecule has 3 heteroatoms. The molecule has 0 amide bonds. The van der Waals surface area contributed by atoms with Gasteiger partial charge < -0.3 is 4.74 Å². The molecule has 0 aliphatic heterocycles. The highest BCUT2D eigenvalue weighted by atomic mass is 16.5. The fraction of sp³-hybridized carbons (Fsp3) is 0.533. The minimum Gasteiger partial charge on any atom is -0.496 e. The lowest BCUT2D eigenvalue weighted by Crippen LogP contribution is -2.22. The summed E-state index contributed by atoms with van der Waals surface area (Å²) in [5, 5.41) is 8.65. The fourth-order valence-electron chi connectivity index (χ4n) is 2.20. The molecule has 1 aromatic rings. The van der Waals surface area contributed by atoms with Gasteiger partial charge in [0.15, 0.2) is 0 Å². The summed E-state index contributed by atoms with van der Waals surface area (Å²) >= 11 is 0. The zero-order valence-corrected chi connectivity index (χ0v) is 12.0. The number of hydrogen-bond donors (Lipinski definition) is 0. The van der Waals surface area contributed by atoms with E-state index in [4.69, 9.17) is 10.00 Å². The average molecular weight is 246 g/mol. The second kappa shape index (κ2) is 6.42. The first-order valence-electron chi connectivity index (χ1n) is 6.20. The molecule has 0 bridgehead atoms. The molecule has 0 fully saturated rings. The molecular weight excluding hydrogens is 224 g/mol. The van der Waals surface area contributed by atoms with Gasteiger partial charge in [-0.15, -0.1) is 0 Å². The number of nitriles is 1. The second-order valence-electron chi connectivity index (χ2n) is 4.77. The molecule has 18 heavy (non-hydrogen) atoms. The molecule has 1 rings (SSSR count). The van der Waals surface area contributed by atoms with E-state index in [1.807, 2.05) is 11.9 Å². The molecule has 0 spiro atoms. The van der Waals surface area contributed by atoms with E-state index >= 15 is 0 Å². The molecule has 1 aromatic carbocycles. The van der Waals surface area contributed by atoms with Crippen LogP contribution in [0.25, 0.3) is 0 Å². The SMILES string of the molecule is COc1cc(C)c(CCN(C)CC#N)c(C)c1C. The first-order valence-corrected chi connectivity index (χ1v) is 6.20. The number of likely N-dealkylation sites (N-methyl/N-ethyl adjacent to an activating group) is 1. The Kier molecular flexibility index (Phi) is 5.18. The predicted octanol–water partition coefficient (Wildman–Crippen LogP) is 2.62. The van der Waals surface area contributed by atoms with Crippen molar-refractivity contribution in [2.45, 2.75) is 27.2 Å². The number of ether oxygens (including phenoxy) is 1. The van der Waals surface area contributed by atoms with E-state index in [9.17, 15) is 0 Å². The fourth-order valence-corrected chi connectivity index (χ4v) is 2.20. The molecule has 0 N–H and O–H groups in total. The van der Waals surface area contributed by atoms with Crippen LogP contribution in [-0.4, -0.2) is 32.1 Å². The van der Waals surface area contributed by atoms with Gasteiger partial charge >= 0.3 is 0 Å². The third-order valence-electron chi connectivity index (χ3n) is 3.51. The zero-order valence-electron chi connectivity index (χ0n) is 12.0. The van der Waals surface area contributed by atoms with Gasteiger partial charge in [0.05, 0.1) is 19.7 Å². The predicted molar refractivity (Wildman–Crippen MR) is 74.0 cm³/mol. The molecule has 0 saturated heterocycles. The van der Waals surface area contributed by atoms with Crippen LogP contribution in [0, 0.1) is 32.1 Å². The third kappa shape index (κ3) is 3.24. The summed E-state index contributed by atoms with van der Waals surface area (Å²) in [4.78, 5) is 2.04. The average Bonchev–Trinajstić information content (AvgIpc) is 2.34. The number of benzene rings is 1. The van der Waals surface area contributed by atoms with Gasteiger partial charge in [0.1, 0.15) is 5.75 Å². The largest absolute Gasteiger partial charge is 0.496 e. The highest BCUT2D eigenvalue weighted by Gasteiger charge is 2.11. The van der Waals surface area contributed by atoms with Gasteiger partial charge in [-0.05, 0) is 62.6 Å². The van der Waals surface area contributed by atoms with Crippen molar-refractivity contribution in [3.63, 3.8) is 0 Å². The van der Waals surface area contributed by atoms with Crippen molar-refractivity contribution in [3.8, 4) is 11.8 Å². The summed E-state index contributed by atoms with van der Waals surface area (Å²) in [7, 11) is 3.69. The van der Waals surface area contributed by atoms with Gasteiger partial charge in [-0.3, -0.25) is 4.90 Å². The number of nitrogens with zero attached hydrogens (tertiary/aromatic N) is 2. The number of hydrogen-bond acceptors (Lipinski definition) is 3. The lowest BCUT2D eigenvalue weighted by atomic mass is 9.95. The van der Waals surface area contributed by atoms with Crippen LogP contribution in [0.15, 0.2) is 6.07 Å². The van der Waals surface area contributed by atoms with E-state index < -0.39 is 0 Å². The van der Waals surface area contributed by atoms with Crippen molar-refractivity contribution in [2.75, 3.05) is 27.2 Å². The summed E-state index contributed by atoms with van der Waals surface area (Å²) in [6.45, 7) is 7.74. The van der Waals surface area contributed by atoms with Crippen LogP contribution in [0.4, 0.5) is 0 Å². The van der Waals surface area contributed by atoms with Crippen molar-refractivity contribution in [1.29, 1.82) is 5.26 Å². The molecule has 0 aromatic heterocycles. The molecule has 0 aliphatic rings. The maximum absolute atomic E-state index is 8.65. The van der Waals surface area contributed by atoms with E-state index in [1.165, 1.54) is 22.3 Å². The lowest BCUT2D eigenvalue weighted by Gasteiger charge is -2.18. The Bertz CT molecular complexity index is 461. The molecule has 0 saturated carbocycles. The zero-order chi connectivity index (χ0) is 13.7. The highest BCUT2D eigenvalue weighted by Crippen LogP contribution is 2.27. The Balaban J connectivity index is 2.90. The first kappa shape index (κ1) is 14.5. The van der Waals surface area contributed by atoms with E-state index in [2.05, 4.69) is 32.9 Å². The van der Waals surface area contributed by atoms with Gasteiger partial charge in [0.25, 0.3) is 0 Å². The summed E-state index contributed by atoms with van der Waals surface area (Å²) < 4.78 is 5.37. The quantitative estimate of drug-likeness (QED) is 0.749. The van der Waals surface area contributed by atoms with Crippen LogP contribution >= 0.6 is 0 Å². The summed E-state index contributed by atoms with van der Waals surface area (Å²) in [6.07, 6.45) is 0.973. The van der Waals surface area contributed by atoms with Crippen LogP contribution in [0.2, 0.25) is 0 Å². The van der Waals surface area contributed by atoms with Crippen molar-refractivity contribution >= 4 is 0 Å². The normalized spacial score (nSPS) is 10.5. The van der Waals surface area contributed by atoms with Gasteiger partial charge in [0, 0.05) is 6.54 Å². The van der Waals surface area contributed by atoms with Crippen LogP contribution in [0.3, 0.4) is 0 Å². The molecule has 0 atom stereocenters. The van der Waals surface area contributed by atoms with Gasteiger partial charge in [-0.25, -0.2) is 0 Å². The number of aryl methyl sites for hydroxylation is 1. The van der Waals surface area contributed by atoms with Gasteiger partial charge in [-0.2, -0.15) is 5.26 Å². The molecule has 0 unspecified atom stereocenters. The Morgan fingerprint density at radius 2 is 1.94 bits per heavy atom. The minimum absolute atomic E-state index is 0.479. The smallest absolute Gasteiger partial charge is 0.122 e. The Morgan fingerprint density at radius 3 is 2.50 bits per heavy atom. The van der Waals surface area contributed by atoms with Crippen LogP contribution < -0.4 is 4.74 Å². The van der Waals surface area contributed by atoms with E-state index in [0.29, 0.717) is 6.54 Å². The second-order valence-corrected chi connectivity index (χ2v) is 4.77. The maximum Gasteiger partial charge on any atom is 0.122 e. The minimum atomic E-state index is 0.479. The van der Waals surface area contributed by atoms with Crippen molar-refractivity contribution < 1.29 is 4.74 Å². The lowest BCUT2D eigenvalue weighted by molar-refractivity contribution is 0.378. The van der Waals surface area contributed by atoms with Gasteiger partial charge in [0.2, 0.25) is 0 Å². The van der Waals surface area contributed by atoms with E-state index in [1.54, 1.807) is 7.11 Å². The van der Waals surface area contributed by atoms with Crippen molar-refractivity contribution in [2.24, 2.45) is 0 Å². The third-order valence-corrected chi connectivity index (χ3v) is 3.51. The van der Waals surface area contributed by atoms with Crippen molar-refractivity contribution in [1.82, 2.24) is 4.90 Å². The summed E-state index contributed by atoms with van der Waals surface area (Å²) in [5.41, 5.74) is 5.15.